The number of anilines is 3. The van der Waals surface area contributed by atoms with E-state index in [0.29, 0.717) is 0 Å². The van der Waals surface area contributed by atoms with Gasteiger partial charge in [-0.1, -0.05) is 36.4 Å². The maximum atomic E-state index is 4.95. The fraction of sp³-hybridized carbons (Fsp3) is 0.0400. The molecule has 0 aliphatic carbocycles. The van der Waals surface area contributed by atoms with E-state index in [2.05, 4.69) is 46.3 Å². The average Bonchev–Trinajstić information content (AvgIpc) is 3.47. The van der Waals surface area contributed by atoms with Crippen LogP contribution in [0.3, 0.4) is 0 Å². The number of nitrogens with zero attached hydrogens (tertiary/aromatic N) is 5. The minimum absolute atomic E-state index is 0.851. The smallest absolute Gasteiger partial charge is 0.140 e. The lowest BCUT2D eigenvalue weighted by Gasteiger charge is -2.25. The highest BCUT2D eigenvalue weighted by molar-refractivity contribution is 5.77. The molecule has 0 fully saturated rings. The van der Waals surface area contributed by atoms with Gasteiger partial charge in [-0.15, -0.1) is 0 Å². The Bertz CT molecular complexity index is 1260. The van der Waals surface area contributed by atoms with Gasteiger partial charge in [0.1, 0.15) is 17.5 Å². The molecule has 5 aromatic rings. The number of aryl methyl sites for hydroxylation is 1. The summed E-state index contributed by atoms with van der Waals surface area (Å²) in [5, 5.41) is 0. The van der Waals surface area contributed by atoms with Crippen molar-refractivity contribution in [2.45, 2.75) is 0 Å². The van der Waals surface area contributed by atoms with E-state index in [-0.39, 0.29) is 0 Å². The molecule has 30 heavy (non-hydrogen) atoms. The van der Waals surface area contributed by atoms with Crippen LogP contribution < -0.4 is 4.90 Å². The molecule has 0 unspecified atom stereocenters. The second-order valence-corrected chi connectivity index (χ2v) is 7.03. The lowest BCUT2D eigenvalue weighted by molar-refractivity contribution is 0.925. The number of rotatable bonds is 5. The molecule has 0 saturated carbocycles. The van der Waals surface area contributed by atoms with Gasteiger partial charge in [0.25, 0.3) is 0 Å². The van der Waals surface area contributed by atoms with Crippen molar-refractivity contribution >= 4 is 17.2 Å². The van der Waals surface area contributed by atoms with E-state index in [0.717, 1.165) is 34.4 Å². The maximum absolute atomic E-state index is 4.95. The first-order valence-electron chi connectivity index (χ1n) is 9.83. The van der Waals surface area contributed by atoms with Crippen molar-refractivity contribution in [3.63, 3.8) is 0 Å². The molecule has 5 heteroatoms. The minimum atomic E-state index is 0.851. The normalized spacial score (nSPS) is 10.8. The molecule has 0 N–H and O–H groups in total. The highest BCUT2D eigenvalue weighted by atomic mass is 15.2. The molecule has 3 aromatic heterocycles. The lowest BCUT2D eigenvalue weighted by Crippen LogP contribution is -2.12. The van der Waals surface area contributed by atoms with Crippen molar-refractivity contribution in [1.82, 2.24) is 19.1 Å². The molecule has 0 radical (unpaired) electrons. The molecule has 3 heterocycles. The highest BCUT2D eigenvalue weighted by Crippen LogP contribution is 2.35. The fourth-order valence-electron chi connectivity index (χ4n) is 3.59. The van der Waals surface area contributed by atoms with E-state index in [1.165, 1.54) is 0 Å². The molecule has 0 bridgehead atoms. The molecule has 0 amide bonds. The van der Waals surface area contributed by atoms with Crippen LogP contribution in [-0.2, 0) is 7.05 Å². The van der Waals surface area contributed by atoms with Gasteiger partial charge in [-0.2, -0.15) is 0 Å². The highest BCUT2D eigenvalue weighted by Gasteiger charge is 2.15. The molecular weight excluding hydrogens is 370 g/mol. The predicted molar refractivity (Wildman–Crippen MR) is 120 cm³/mol. The fourth-order valence-corrected chi connectivity index (χ4v) is 3.59. The third kappa shape index (κ3) is 3.37. The number of pyridine rings is 1. The Morgan fingerprint density at radius 3 is 2.27 bits per heavy atom. The van der Waals surface area contributed by atoms with Gasteiger partial charge in [-0.25, -0.2) is 9.97 Å². The van der Waals surface area contributed by atoms with Crippen LogP contribution in [0, 0.1) is 0 Å². The van der Waals surface area contributed by atoms with Crippen LogP contribution in [0.1, 0.15) is 0 Å². The summed E-state index contributed by atoms with van der Waals surface area (Å²) in [6, 6.07) is 28.8. The van der Waals surface area contributed by atoms with Crippen molar-refractivity contribution in [3.05, 3.63) is 110 Å². The van der Waals surface area contributed by atoms with Crippen molar-refractivity contribution < 1.29 is 0 Å². The van der Waals surface area contributed by atoms with Gasteiger partial charge in [-0.05, 0) is 48.5 Å². The number of imidazole rings is 1. The SMILES string of the molecule is Cn1ccnc1-c1cccc(N(c2ccccc2)c2cccc(-n3cccc3)n2)c1. The van der Waals surface area contributed by atoms with Gasteiger partial charge < -0.3 is 9.13 Å². The minimum Gasteiger partial charge on any atom is -0.334 e. The van der Waals surface area contributed by atoms with Crippen molar-refractivity contribution in [1.29, 1.82) is 0 Å². The number of benzene rings is 2. The third-order valence-corrected chi connectivity index (χ3v) is 5.02. The zero-order valence-corrected chi connectivity index (χ0v) is 16.6. The Balaban J connectivity index is 1.65. The summed E-state index contributed by atoms with van der Waals surface area (Å²) >= 11 is 0. The molecule has 5 nitrogen and oxygen atoms in total. The van der Waals surface area contributed by atoms with E-state index >= 15 is 0 Å². The van der Waals surface area contributed by atoms with Gasteiger partial charge >= 0.3 is 0 Å². The van der Waals surface area contributed by atoms with Crippen LogP contribution in [0.25, 0.3) is 17.2 Å². The third-order valence-electron chi connectivity index (χ3n) is 5.02. The molecule has 0 saturated heterocycles. The molecule has 0 aliphatic rings. The van der Waals surface area contributed by atoms with Crippen molar-refractivity contribution in [3.8, 4) is 17.2 Å². The Kier molecular flexibility index (Phi) is 4.62. The standard InChI is InChI=1S/C25H21N5/c1-28-18-15-26-25(28)20-9-7-12-22(19-20)30(21-10-3-2-4-11-21)24-14-8-13-23(27-24)29-16-5-6-17-29/h2-19H,1H3. The molecule has 5 rings (SSSR count). The van der Waals surface area contributed by atoms with Gasteiger partial charge in [0.15, 0.2) is 0 Å². The second kappa shape index (κ2) is 7.72. The first-order chi connectivity index (χ1) is 14.8. The second-order valence-electron chi connectivity index (χ2n) is 7.03. The van der Waals surface area contributed by atoms with Crippen LogP contribution in [-0.4, -0.2) is 19.1 Å². The first-order valence-corrected chi connectivity index (χ1v) is 9.83. The van der Waals surface area contributed by atoms with Gasteiger partial charge in [0.05, 0.1) is 0 Å². The Morgan fingerprint density at radius 1 is 0.733 bits per heavy atom. The molecular formula is C25H21N5. The van der Waals surface area contributed by atoms with Gasteiger partial charge in [-0.3, -0.25) is 4.90 Å². The summed E-state index contributed by atoms with van der Waals surface area (Å²) in [7, 11) is 2.01. The van der Waals surface area contributed by atoms with E-state index in [1.807, 2.05) is 89.5 Å². The summed E-state index contributed by atoms with van der Waals surface area (Å²) in [5.41, 5.74) is 3.13. The summed E-state index contributed by atoms with van der Waals surface area (Å²) < 4.78 is 4.04. The number of aromatic nitrogens is 4. The number of hydrogen-bond donors (Lipinski definition) is 0. The van der Waals surface area contributed by atoms with E-state index < -0.39 is 0 Å². The van der Waals surface area contributed by atoms with Crippen LogP contribution in [0.2, 0.25) is 0 Å². The van der Waals surface area contributed by atoms with E-state index in [9.17, 15) is 0 Å². The Hall–Kier alpha value is -4.12. The summed E-state index contributed by atoms with van der Waals surface area (Å²) in [6.07, 6.45) is 7.78. The Morgan fingerprint density at radius 2 is 1.50 bits per heavy atom. The van der Waals surface area contributed by atoms with E-state index in [4.69, 9.17) is 4.98 Å². The average molecular weight is 391 g/mol. The predicted octanol–water partition coefficient (Wildman–Crippen LogP) is 5.74. The number of hydrogen-bond acceptors (Lipinski definition) is 3. The van der Waals surface area contributed by atoms with Crippen molar-refractivity contribution in [2.75, 3.05) is 4.90 Å². The topological polar surface area (TPSA) is 38.9 Å². The monoisotopic (exact) mass is 391 g/mol. The van der Waals surface area contributed by atoms with Crippen molar-refractivity contribution in [2.24, 2.45) is 7.05 Å². The van der Waals surface area contributed by atoms with Gasteiger partial charge in [0.2, 0.25) is 0 Å². The zero-order valence-electron chi connectivity index (χ0n) is 16.6. The first kappa shape index (κ1) is 17.9. The van der Waals surface area contributed by atoms with Crippen LogP contribution in [0.5, 0.6) is 0 Å². The summed E-state index contributed by atoms with van der Waals surface area (Å²) in [5.74, 6) is 2.65. The molecule has 0 aliphatic heterocycles. The molecule has 2 aromatic carbocycles. The van der Waals surface area contributed by atoms with Crippen LogP contribution in [0.15, 0.2) is 110 Å². The lowest BCUT2D eigenvalue weighted by atomic mass is 10.1. The van der Waals surface area contributed by atoms with E-state index in [1.54, 1.807) is 0 Å². The van der Waals surface area contributed by atoms with Gasteiger partial charge in [0, 0.05) is 48.8 Å². The maximum Gasteiger partial charge on any atom is 0.140 e. The largest absolute Gasteiger partial charge is 0.334 e. The summed E-state index contributed by atoms with van der Waals surface area (Å²) in [4.78, 5) is 11.6. The number of para-hydroxylation sites is 1. The summed E-state index contributed by atoms with van der Waals surface area (Å²) in [6.45, 7) is 0. The molecule has 0 spiro atoms. The Labute approximate surface area is 175 Å². The molecule has 0 atom stereocenters. The van der Waals surface area contributed by atoms with Crippen LogP contribution in [0.4, 0.5) is 17.2 Å². The zero-order chi connectivity index (χ0) is 20.3. The van der Waals surface area contributed by atoms with Crippen LogP contribution >= 0.6 is 0 Å². The quantitative estimate of drug-likeness (QED) is 0.383. The molecule has 146 valence electrons.